The Morgan fingerprint density at radius 2 is 2.06 bits per heavy atom. The summed E-state index contributed by atoms with van der Waals surface area (Å²) < 4.78 is 2.34. The second-order valence-electron chi connectivity index (χ2n) is 5.94. The highest BCUT2D eigenvalue weighted by Gasteiger charge is 2.21. The molecule has 17 heavy (non-hydrogen) atoms. The Hall–Kier alpha value is -0.760. The fraction of sp³-hybridized carbons (Fsp3) is 0.733. The van der Waals surface area contributed by atoms with Gasteiger partial charge in [0.1, 0.15) is 0 Å². The first-order valence-corrected chi connectivity index (χ1v) is 6.82. The van der Waals surface area contributed by atoms with Gasteiger partial charge in [-0.1, -0.05) is 34.6 Å². The van der Waals surface area contributed by atoms with Gasteiger partial charge in [0.05, 0.1) is 0 Å². The van der Waals surface area contributed by atoms with Crippen LogP contribution in [-0.4, -0.2) is 11.1 Å². The summed E-state index contributed by atoms with van der Waals surface area (Å²) in [6.07, 6.45) is 3.37. The third kappa shape index (κ3) is 4.19. The van der Waals surface area contributed by atoms with E-state index in [1.165, 1.54) is 12.1 Å². The molecule has 0 fully saturated rings. The van der Waals surface area contributed by atoms with Crippen LogP contribution in [0.3, 0.4) is 0 Å². The highest BCUT2D eigenvalue weighted by Crippen LogP contribution is 2.24. The Kier molecular flexibility index (Phi) is 5.26. The second kappa shape index (κ2) is 6.25. The molecule has 0 spiro atoms. The number of aryl methyl sites for hydroxylation is 1. The van der Waals surface area contributed by atoms with Crippen LogP contribution in [0.4, 0.5) is 0 Å². The quantitative estimate of drug-likeness (QED) is 0.764. The van der Waals surface area contributed by atoms with E-state index in [9.17, 15) is 0 Å². The first-order valence-electron chi connectivity index (χ1n) is 6.82. The minimum Gasteiger partial charge on any atom is -0.350 e. The molecule has 98 valence electrons. The Morgan fingerprint density at radius 1 is 1.35 bits per heavy atom. The predicted molar refractivity (Wildman–Crippen MR) is 75.0 cm³/mol. The highest BCUT2D eigenvalue weighted by molar-refractivity contribution is 5.06. The van der Waals surface area contributed by atoms with Gasteiger partial charge in [-0.2, -0.15) is 0 Å². The summed E-state index contributed by atoms with van der Waals surface area (Å²) in [6, 6.07) is 4.35. The van der Waals surface area contributed by atoms with E-state index in [1.807, 2.05) is 0 Å². The van der Waals surface area contributed by atoms with Crippen LogP contribution in [0.15, 0.2) is 18.3 Å². The van der Waals surface area contributed by atoms with Gasteiger partial charge in [0.15, 0.2) is 0 Å². The van der Waals surface area contributed by atoms with Gasteiger partial charge in [0.2, 0.25) is 0 Å². The molecule has 0 aromatic carbocycles. The first-order chi connectivity index (χ1) is 7.97. The monoisotopic (exact) mass is 236 g/mol. The average molecular weight is 236 g/mol. The summed E-state index contributed by atoms with van der Waals surface area (Å²) in [5.74, 6) is 0.706. The summed E-state index contributed by atoms with van der Waals surface area (Å²) in [6.45, 7) is 14.6. The number of nitrogens with one attached hydrogen (secondary N) is 1. The smallest absolute Gasteiger partial charge is 0.0359 e. The molecule has 1 aromatic rings. The second-order valence-corrected chi connectivity index (χ2v) is 5.94. The van der Waals surface area contributed by atoms with Crippen molar-refractivity contribution in [2.75, 3.05) is 6.54 Å². The van der Waals surface area contributed by atoms with Gasteiger partial charge >= 0.3 is 0 Å². The lowest BCUT2D eigenvalue weighted by atomic mass is 9.81. The number of hydrogen-bond acceptors (Lipinski definition) is 1. The van der Waals surface area contributed by atoms with E-state index in [-0.39, 0.29) is 0 Å². The zero-order valence-corrected chi connectivity index (χ0v) is 12.1. The Bertz CT molecular complexity index is 323. The fourth-order valence-corrected chi connectivity index (χ4v) is 1.79. The zero-order valence-electron chi connectivity index (χ0n) is 12.1. The van der Waals surface area contributed by atoms with Gasteiger partial charge in [0, 0.05) is 31.5 Å². The van der Waals surface area contributed by atoms with E-state index < -0.39 is 0 Å². The normalized spacial score (nSPS) is 12.4. The van der Waals surface area contributed by atoms with E-state index in [0.29, 0.717) is 11.3 Å². The number of nitrogens with zero attached hydrogens (tertiary/aromatic N) is 1. The van der Waals surface area contributed by atoms with Crippen LogP contribution in [0.5, 0.6) is 0 Å². The van der Waals surface area contributed by atoms with Crippen LogP contribution >= 0.6 is 0 Å². The molecule has 1 aromatic heterocycles. The van der Waals surface area contributed by atoms with E-state index in [1.54, 1.807) is 0 Å². The standard InChI is InChI=1S/C15H28N2/c1-6-9-17-10-7-8-14(17)11-16-12-15(4,5)13(2)3/h7-8,10,13,16H,6,9,11-12H2,1-5H3. The summed E-state index contributed by atoms with van der Waals surface area (Å²) in [5, 5.41) is 3.59. The molecule has 0 aliphatic heterocycles. The summed E-state index contributed by atoms with van der Waals surface area (Å²) in [7, 11) is 0. The van der Waals surface area contributed by atoms with Crippen molar-refractivity contribution in [3.63, 3.8) is 0 Å². The summed E-state index contributed by atoms with van der Waals surface area (Å²) in [5.41, 5.74) is 1.76. The van der Waals surface area contributed by atoms with E-state index in [0.717, 1.165) is 19.6 Å². The molecule has 0 aliphatic rings. The molecule has 1 rings (SSSR count). The van der Waals surface area contributed by atoms with Crippen molar-refractivity contribution in [2.24, 2.45) is 11.3 Å². The average Bonchev–Trinajstić information content (AvgIpc) is 2.66. The van der Waals surface area contributed by atoms with Gasteiger partial charge in [-0.05, 0) is 29.9 Å². The maximum atomic E-state index is 3.59. The van der Waals surface area contributed by atoms with E-state index >= 15 is 0 Å². The molecule has 1 N–H and O–H groups in total. The molecule has 2 heteroatoms. The molecule has 2 nitrogen and oxygen atoms in total. The number of rotatable bonds is 7. The summed E-state index contributed by atoms with van der Waals surface area (Å²) in [4.78, 5) is 0. The van der Waals surface area contributed by atoms with Crippen LogP contribution in [0.1, 0.15) is 46.7 Å². The van der Waals surface area contributed by atoms with Crippen LogP contribution < -0.4 is 5.32 Å². The lowest BCUT2D eigenvalue weighted by Crippen LogP contribution is -2.33. The molecule has 0 unspecified atom stereocenters. The summed E-state index contributed by atoms with van der Waals surface area (Å²) >= 11 is 0. The van der Waals surface area contributed by atoms with Crippen molar-refractivity contribution in [1.29, 1.82) is 0 Å². The molecule has 1 heterocycles. The molecule has 0 saturated carbocycles. The number of hydrogen-bond donors (Lipinski definition) is 1. The van der Waals surface area contributed by atoms with Gasteiger partial charge in [-0.3, -0.25) is 0 Å². The molecule has 0 atom stereocenters. The minimum absolute atomic E-state index is 0.363. The topological polar surface area (TPSA) is 17.0 Å². The lowest BCUT2D eigenvalue weighted by molar-refractivity contribution is 0.237. The van der Waals surface area contributed by atoms with Crippen molar-refractivity contribution < 1.29 is 0 Å². The molecule has 0 bridgehead atoms. The minimum atomic E-state index is 0.363. The van der Waals surface area contributed by atoms with Gasteiger partial charge in [0.25, 0.3) is 0 Å². The van der Waals surface area contributed by atoms with Crippen LogP contribution in [0.2, 0.25) is 0 Å². The fourth-order valence-electron chi connectivity index (χ4n) is 1.79. The maximum absolute atomic E-state index is 3.59. The first kappa shape index (κ1) is 14.3. The third-order valence-electron chi connectivity index (χ3n) is 3.84. The van der Waals surface area contributed by atoms with Crippen molar-refractivity contribution in [3.8, 4) is 0 Å². The molecular weight excluding hydrogens is 208 g/mol. The van der Waals surface area contributed by atoms with Crippen molar-refractivity contribution >= 4 is 0 Å². The highest BCUT2D eigenvalue weighted by atomic mass is 15.0. The zero-order chi connectivity index (χ0) is 12.9. The van der Waals surface area contributed by atoms with Gasteiger partial charge in [-0.25, -0.2) is 0 Å². The third-order valence-corrected chi connectivity index (χ3v) is 3.84. The molecular formula is C15H28N2. The molecule has 0 saturated heterocycles. The van der Waals surface area contributed by atoms with Gasteiger partial charge < -0.3 is 9.88 Å². The largest absolute Gasteiger partial charge is 0.350 e. The maximum Gasteiger partial charge on any atom is 0.0359 e. The molecule has 0 radical (unpaired) electrons. The van der Waals surface area contributed by atoms with E-state index in [2.05, 4.69) is 62.8 Å². The van der Waals surface area contributed by atoms with Crippen molar-refractivity contribution in [2.45, 2.75) is 54.1 Å². The van der Waals surface area contributed by atoms with Crippen molar-refractivity contribution in [1.82, 2.24) is 9.88 Å². The Balaban J connectivity index is 2.43. The Morgan fingerprint density at radius 3 is 2.65 bits per heavy atom. The van der Waals surface area contributed by atoms with Crippen LogP contribution in [0.25, 0.3) is 0 Å². The van der Waals surface area contributed by atoms with Gasteiger partial charge in [-0.15, -0.1) is 0 Å². The van der Waals surface area contributed by atoms with Crippen LogP contribution in [-0.2, 0) is 13.1 Å². The lowest BCUT2D eigenvalue weighted by Gasteiger charge is -2.29. The SMILES string of the molecule is CCCn1cccc1CNCC(C)(C)C(C)C. The molecule has 0 aliphatic carbocycles. The molecule has 0 amide bonds. The van der Waals surface area contributed by atoms with Crippen molar-refractivity contribution in [3.05, 3.63) is 24.0 Å². The number of aromatic nitrogens is 1. The predicted octanol–water partition coefficient (Wildman–Crippen LogP) is 3.67. The van der Waals surface area contributed by atoms with Crippen LogP contribution in [0, 0.1) is 11.3 Å². The van der Waals surface area contributed by atoms with E-state index in [4.69, 9.17) is 0 Å². The Labute approximate surface area is 106 Å².